The summed E-state index contributed by atoms with van der Waals surface area (Å²) < 4.78 is 48.1. The molecule has 1 saturated heterocycles. The van der Waals surface area contributed by atoms with Crippen molar-refractivity contribution in [3.63, 3.8) is 0 Å². The zero-order valence-corrected chi connectivity index (χ0v) is 24.1. The Bertz CT molecular complexity index is 1640. The van der Waals surface area contributed by atoms with Gasteiger partial charge in [-0.3, -0.25) is 24.1 Å². The Labute approximate surface area is 244 Å². The van der Waals surface area contributed by atoms with Gasteiger partial charge in [-0.05, 0) is 44.0 Å². The standard InChI is InChI=1S/C30H29F2N3O6S/c1-30(2,3)29(38)41-16-40-27-21(36)10-11-34-26(27)28(37)33-12-13-39-14-23(33)35(34)25-17-8-9-20(31)24(32)19(17)15-42-22-7-5-4-6-18(22)25/h4-11,23,25H,12-16H2,1-3H3/t23-,25+/m1/s1. The maximum absolute atomic E-state index is 15.3. The van der Waals surface area contributed by atoms with Gasteiger partial charge in [0.05, 0.1) is 24.7 Å². The minimum absolute atomic E-state index is 0.0639. The lowest BCUT2D eigenvalue weighted by Gasteiger charge is -2.51. The molecule has 0 radical (unpaired) electrons. The zero-order valence-electron chi connectivity index (χ0n) is 23.3. The molecule has 0 spiro atoms. The van der Waals surface area contributed by atoms with Gasteiger partial charge in [0.15, 0.2) is 17.3 Å². The van der Waals surface area contributed by atoms with E-state index in [-0.39, 0.29) is 42.5 Å². The summed E-state index contributed by atoms with van der Waals surface area (Å²) in [7, 11) is 0. The molecule has 0 saturated carbocycles. The van der Waals surface area contributed by atoms with E-state index in [1.807, 2.05) is 29.3 Å². The summed E-state index contributed by atoms with van der Waals surface area (Å²) in [6.07, 6.45) is 0.824. The van der Waals surface area contributed by atoms with E-state index in [0.29, 0.717) is 5.56 Å². The molecule has 12 heteroatoms. The highest BCUT2D eigenvalue weighted by atomic mass is 32.2. The third-order valence-electron chi connectivity index (χ3n) is 7.54. The van der Waals surface area contributed by atoms with E-state index in [1.54, 1.807) is 31.7 Å². The summed E-state index contributed by atoms with van der Waals surface area (Å²) in [6.45, 7) is 5.13. The Kier molecular flexibility index (Phi) is 7.22. The highest BCUT2D eigenvalue weighted by Gasteiger charge is 2.46. The van der Waals surface area contributed by atoms with Crippen molar-refractivity contribution in [1.82, 2.24) is 9.58 Å². The van der Waals surface area contributed by atoms with E-state index in [2.05, 4.69) is 0 Å². The topological polar surface area (TPSA) is 90.3 Å². The summed E-state index contributed by atoms with van der Waals surface area (Å²) in [4.78, 5) is 41.8. The van der Waals surface area contributed by atoms with Crippen molar-refractivity contribution in [3.8, 4) is 5.75 Å². The van der Waals surface area contributed by atoms with Gasteiger partial charge in [-0.1, -0.05) is 24.3 Å². The van der Waals surface area contributed by atoms with Crippen LogP contribution in [0.1, 0.15) is 54.0 Å². The van der Waals surface area contributed by atoms with Gasteiger partial charge < -0.3 is 19.1 Å². The van der Waals surface area contributed by atoms with Crippen LogP contribution in [-0.2, 0) is 20.0 Å². The smallest absolute Gasteiger partial charge is 0.314 e. The molecule has 0 aliphatic carbocycles. The lowest BCUT2D eigenvalue weighted by Crippen LogP contribution is -2.66. The van der Waals surface area contributed by atoms with Gasteiger partial charge >= 0.3 is 5.97 Å². The first-order valence-corrected chi connectivity index (χ1v) is 14.5. The van der Waals surface area contributed by atoms with Crippen LogP contribution >= 0.6 is 11.8 Å². The molecule has 1 aromatic heterocycles. The fraction of sp³-hybridized carbons (Fsp3) is 0.367. The van der Waals surface area contributed by atoms with Crippen LogP contribution in [0.25, 0.3) is 0 Å². The second-order valence-corrected chi connectivity index (χ2v) is 12.3. The second-order valence-electron chi connectivity index (χ2n) is 11.2. The van der Waals surface area contributed by atoms with E-state index in [0.717, 1.165) is 16.5 Å². The van der Waals surface area contributed by atoms with Gasteiger partial charge in [-0.15, -0.1) is 11.8 Å². The molecule has 4 heterocycles. The molecule has 0 unspecified atom stereocenters. The normalized spacial score (nSPS) is 19.7. The number of fused-ring (bicyclic) bond motifs is 4. The number of carbonyl (C=O) groups excluding carboxylic acids is 2. The average molecular weight is 598 g/mol. The van der Waals surface area contributed by atoms with Gasteiger partial charge in [0.2, 0.25) is 18.0 Å². The number of hydrogen-bond donors (Lipinski definition) is 0. The van der Waals surface area contributed by atoms with Gasteiger partial charge in [-0.2, -0.15) is 0 Å². The number of amides is 1. The molecule has 1 fully saturated rings. The fourth-order valence-electron chi connectivity index (χ4n) is 5.47. The summed E-state index contributed by atoms with van der Waals surface area (Å²) >= 11 is 1.40. The van der Waals surface area contributed by atoms with Crippen molar-refractivity contribution in [2.45, 2.75) is 43.6 Å². The monoisotopic (exact) mass is 597 g/mol. The average Bonchev–Trinajstić information content (AvgIpc) is 3.13. The van der Waals surface area contributed by atoms with E-state index in [4.69, 9.17) is 14.2 Å². The van der Waals surface area contributed by atoms with Crippen LogP contribution < -0.4 is 15.2 Å². The molecule has 9 nitrogen and oxygen atoms in total. The van der Waals surface area contributed by atoms with Crippen molar-refractivity contribution in [3.05, 3.63) is 92.9 Å². The number of morpholine rings is 1. The largest absolute Gasteiger partial charge is 0.451 e. The number of benzene rings is 2. The number of nitrogens with zero attached hydrogens (tertiary/aromatic N) is 3. The van der Waals surface area contributed by atoms with Crippen molar-refractivity contribution in [2.24, 2.45) is 5.41 Å². The van der Waals surface area contributed by atoms with Crippen LogP contribution in [0.3, 0.4) is 0 Å². The first-order chi connectivity index (χ1) is 20.1. The highest BCUT2D eigenvalue weighted by molar-refractivity contribution is 7.98. The number of rotatable bonds is 4. The molecule has 1 amide bonds. The van der Waals surface area contributed by atoms with E-state index < -0.39 is 53.4 Å². The number of esters is 1. The number of carbonyl (C=O) groups is 2. The van der Waals surface area contributed by atoms with E-state index >= 15 is 4.39 Å². The summed E-state index contributed by atoms with van der Waals surface area (Å²) in [5.74, 6) is -2.94. The minimum Gasteiger partial charge on any atom is -0.451 e. The summed E-state index contributed by atoms with van der Waals surface area (Å²) in [5, 5.41) is 1.85. The Morgan fingerprint density at radius 2 is 1.88 bits per heavy atom. The highest BCUT2D eigenvalue weighted by Crippen LogP contribution is 2.45. The van der Waals surface area contributed by atoms with Crippen molar-refractivity contribution < 1.29 is 32.6 Å². The van der Waals surface area contributed by atoms with Crippen LogP contribution in [0.15, 0.2) is 58.4 Å². The Balaban J connectivity index is 1.54. The first-order valence-electron chi connectivity index (χ1n) is 13.5. The Morgan fingerprint density at radius 3 is 2.67 bits per heavy atom. The SMILES string of the molecule is CC(C)(C)C(=O)OCOc1c2n(ccc1=O)N([C@@H]1c3ccccc3SCc3c1ccc(F)c3F)[C@@H]1COCCN1C2=O. The molecule has 0 bridgehead atoms. The number of ether oxygens (including phenoxy) is 3. The molecule has 42 heavy (non-hydrogen) atoms. The Hall–Kier alpha value is -3.90. The van der Waals surface area contributed by atoms with Crippen molar-refractivity contribution in [2.75, 3.05) is 31.6 Å². The minimum atomic E-state index is -0.944. The molecule has 2 atom stereocenters. The zero-order chi connectivity index (χ0) is 29.8. The molecular weight excluding hydrogens is 568 g/mol. The van der Waals surface area contributed by atoms with Gasteiger partial charge in [0.25, 0.3) is 5.91 Å². The van der Waals surface area contributed by atoms with Crippen LogP contribution in [0.5, 0.6) is 5.75 Å². The maximum atomic E-state index is 15.3. The summed E-state index contributed by atoms with van der Waals surface area (Å²) in [6, 6.07) is 10.8. The van der Waals surface area contributed by atoms with Crippen LogP contribution in [0.2, 0.25) is 0 Å². The summed E-state index contributed by atoms with van der Waals surface area (Å²) in [5.41, 5.74) is 0.129. The maximum Gasteiger partial charge on any atom is 0.314 e. The third-order valence-corrected chi connectivity index (χ3v) is 8.65. The number of hydrogen-bond acceptors (Lipinski definition) is 8. The molecule has 3 aromatic rings. The van der Waals surface area contributed by atoms with Gasteiger partial charge in [0.1, 0.15) is 6.17 Å². The molecule has 3 aliphatic rings. The van der Waals surface area contributed by atoms with E-state index in [1.165, 1.54) is 28.7 Å². The first kappa shape index (κ1) is 28.2. The van der Waals surface area contributed by atoms with Crippen molar-refractivity contribution in [1.29, 1.82) is 0 Å². The molecule has 0 N–H and O–H groups in total. The van der Waals surface area contributed by atoms with Crippen molar-refractivity contribution >= 4 is 23.6 Å². The third kappa shape index (κ3) is 4.72. The van der Waals surface area contributed by atoms with Crippen LogP contribution in [0.4, 0.5) is 8.78 Å². The molecule has 2 aromatic carbocycles. The predicted molar refractivity (Wildman–Crippen MR) is 150 cm³/mol. The second kappa shape index (κ2) is 10.7. The molecule has 3 aliphatic heterocycles. The number of thioether (sulfide) groups is 1. The lowest BCUT2D eigenvalue weighted by molar-refractivity contribution is -0.159. The van der Waals surface area contributed by atoms with Gasteiger partial charge in [0, 0.05) is 35.0 Å². The molecular formula is C30H29F2N3O6S. The van der Waals surface area contributed by atoms with Gasteiger partial charge in [-0.25, -0.2) is 8.78 Å². The lowest BCUT2D eigenvalue weighted by atomic mass is 9.93. The fourth-order valence-corrected chi connectivity index (χ4v) is 6.58. The quantitative estimate of drug-likeness (QED) is 0.327. The predicted octanol–water partition coefficient (Wildman–Crippen LogP) is 4.20. The van der Waals surface area contributed by atoms with E-state index in [9.17, 15) is 18.8 Å². The number of aromatic nitrogens is 1. The number of halogens is 2. The molecule has 220 valence electrons. The number of pyridine rings is 1. The Morgan fingerprint density at radius 1 is 1.10 bits per heavy atom. The molecule has 6 rings (SSSR count). The van der Waals surface area contributed by atoms with Crippen LogP contribution in [-0.4, -0.2) is 54.2 Å². The van der Waals surface area contributed by atoms with Crippen LogP contribution in [0, 0.1) is 17.0 Å².